The van der Waals surface area contributed by atoms with Crippen molar-refractivity contribution < 1.29 is 22.3 Å². The van der Waals surface area contributed by atoms with Gasteiger partial charge in [0.1, 0.15) is 0 Å². The van der Waals surface area contributed by atoms with Crippen molar-refractivity contribution in [2.75, 3.05) is 5.73 Å². The maximum atomic E-state index is 13.0. The zero-order chi connectivity index (χ0) is 10.8. The summed E-state index contributed by atoms with van der Waals surface area (Å²) in [6, 6.07) is 3.79. The van der Waals surface area contributed by atoms with Gasteiger partial charge in [0.05, 0.1) is 12.3 Å². The third kappa shape index (κ3) is 2.88. The van der Waals surface area contributed by atoms with Gasteiger partial charge in [0.25, 0.3) is 0 Å². The molecule has 0 aliphatic carbocycles. The first-order valence-corrected chi connectivity index (χ1v) is 3.63. The van der Waals surface area contributed by atoms with Gasteiger partial charge in [-0.25, -0.2) is 4.39 Å². The van der Waals surface area contributed by atoms with Gasteiger partial charge in [-0.3, -0.25) is 4.74 Å². The summed E-state index contributed by atoms with van der Waals surface area (Å²) >= 11 is 0. The van der Waals surface area contributed by atoms with Crippen LogP contribution in [-0.2, 0) is 11.3 Å². The Kier molecular flexibility index (Phi) is 2.95. The van der Waals surface area contributed by atoms with E-state index < -0.39 is 18.8 Å². The quantitative estimate of drug-likeness (QED) is 0.599. The van der Waals surface area contributed by atoms with E-state index in [1.165, 1.54) is 18.2 Å². The number of nitrogen functional groups attached to an aromatic ring is 1. The van der Waals surface area contributed by atoms with Crippen LogP contribution in [0, 0.1) is 5.82 Å². The monoisotopic (exact) mass is 209 g/mol. The minimum atomic E-state index is -4.77. The van der Waals surface area contributed by atoms with Crippen molar-refractivity contribution in [2.45, 2.75) is 13.0 Å². The first kappa shape index (κ1) is 10.8. The molecule has 0 saturated carbocycles. The molecule has 1 rings (SSSR count). The molecule has 0 atom stereocenters. The predicted octanol–water partition coefficient (Wildman–Crippen LogP) is 2.44. The van der Waals surface area contributed by atoms with Crippen LogP contribution in [0.1, 0.15) is 5.56 Å². The summed E-state index contributed by atoms with van der Waals surface area (Å²) in [4.78, 5) is 0. The summed E-state index contributed by atoms with van der Waals surface area (Å²) in [5.41, 5.74) is 4.73. The summed E-state index contributed by atoms with van der Waals surface area (Å²) in [7, 11) is 0. The van der Waals surface area contributed by atoms with Crippen LogP contribution >= 0.6 is 0 Å². The number of alkyl halides is 3. The predicted molar refractivity (Wildman–Crippen MR) is 41.7 cm³/mol. The molecule has 0 aliphatic rings. The molecule has 78 valence electrons. The third-order valence-corrected chi connectivity index (χ3v) is 1.50. The van der Waals surface area contributed by atoms with Crippen LogP contribution in [0.5, 0.6) is 0 Å². The summed E-state index contributed by atoms with van der Waals surface area (Å²) in [6.45, 7) is -0.875. The number of anilines is 1. The van der Waals surface area contributed by atoms with Gasteiger partial charge < -0.3 is 5.73 Å². The van der Waals surface area contributed by atoms with Gasteiger partial charge in [0.2, 0.25) is 0 Å². The number of hydrogen-bond acceptors (Lipinski definition) is 2. The van der Waals surface area contributed by atoms with Crippen LogP contribution < -0.4 is 5.73 Å². The average molecular weight is 209 g/mol. The van der Waals surface area contributed by atoms with Gasteiger partial charge >= 0.3 is 6.36 Å². The van der Waals surface area contributed by atoms with Crippen molar-refractivity contribution in [3.05, 3.63) is 29.6 Å². The summed E-state index contributed by atoms with van der Waals surface area (Å²) in [6.07, 6.45) is -4.77. The van der Waals surface area contributed by atoms with Gasteiger partial charge in [-0.15, -0.1) is 13.2 Å². The van der Waals surface area contributed by atoms with E-state index >= 15 is 0 Å². The highest BCUT2D eigenvalue weighted by Crippen LogP contribution is 2.21. The Morgan fingerprint density at radius 3 is 2.50 bits per heavy atom. The molecule has 0 spiro atoms. The molecule has 0 heterocycles. The molecule has 0 unspecified atom stereocenters. The van der Waals surface area contributed by atoms with Crippen LogP contribution in [0.4, 0.5) is 23.2 Å². The number of rotatable bonds is 2. The SMILES string of the molecule is Nc1cccc(COC(F)(F)F)c1F. The van der Waals surface area contributed by atoms with Crippen LogP contribution in [0.25, 0.3) is 0 Å². The van der Waals surface area contributed by atoms with E-state index in [4.69, 9.17) is 5.73 Å². The van der Waals surface area contributed by atoms with E-state index in [0.717, 1.165) is 0 Å². The average Bonchev–Trinajstić information content (AvgIpc) is 2.06. The fraction of sp³-hybridized carbons (Fsp3) is 0.250. The van der Waals surface area contributed by atoms with Crippen molar-refractivity contribution in [3.8, 4) is 0 Å². The molecule has 0 fully saturated rings. The second-order valence-electron chi connectivity index (χ2n) is 2.55. The van der Waals surface area contributed by atoms with E-state index in [1.807, 2.05) is 0 Å². The van der Waals surface area contributed by atoms with E-state index in [9.17, 15) is 17.6 Å². The van der Waals surface area contributed by atoms with Gasteiger partial charge in [-0.1, -0.05) is 12.1 Å². The maximum Gasteiger partial charge on any atom is 0.522 e. The highest BCUT2D eigenvalue weighted by atomic mass is 19.4. The van der Waals surface area contributed by atoms with Crippen molar-refractivity contribution in [2.24, 2.45) is 0 Å². The molecule has 1 aromatic carbocycles. The minimum Gasteiger partial charge on any atom is -0.396 e. The Labute approximate surface area is 77.3 Å². The Morgan fingerprint density at radius 2 is 1.93 bits per heavy atom. The van der Waals surface area contributed by atoms with Crippen molar-refractivity contribution >= 4 is 5.69 Å². The Morgan fingerprint density at radius 1 is 1.29 bits per heavy atom. The van der Waals surface area contributed by atoms with Crippen LogP contribution in [0.2, 0.25) is 0 Å². The topological polar surface area (TPSA) is 35.2 Å². The van der Waals surface area contributed by atoms with Crippen molar-refractivity contribution in [1.29, 1.82) is 0 Å². The number of hydrogen-bond donors (Lipinski definition) is 1. The van der Waals surface area contributed by atoms with Crippen molar-refractivity contribution in [3.63, 3.8) is 0 Å². The lowest BCUT2D eigenvalue weighted by Gasteiger charge is -2.08. The largest absolute Gasteiger partial charge is 0.522 e. The Bertz CT molecular complexity index is 324. The molecule has 0 amide bonds. The molecular formula is C8H7F4NO. The molecular weight excluding hydrogens is 202 g/mol. The summed E-state index contributed by atoms with van der Waals surface area (Å²) in [5, 5.41) is 0. The fourth-order valence-corrected chi connectivity index (χ4v) is 0.871. The molecule has 0 saturated heterocycles. The molecule has 6 heteroatoms. The van der Waals surface area contributed by atoms with E-state index in [-0.39, 0.29) is 11.3 Å². The van der Waals surface area contributed by atoms with Gasteiger partial charge in [0.15, 0.2) is 5.82 Å². The van der Waals surface area contributed by atoms with Gasteiger partial charge in [0, 0.05) is 5.56 Å². The number of ether oxygens (including phenoxy) is 1. The molecule has 2 N–H and O–H groups in total. The fourth-order valence-electron chi connectivity index (χ4n) is 0.871. The second-order valence-corrected chi connectivity index (χ2v) is 2.55. The maximum absolute atomic E-state index is 13.0. The number of halogens is 4. The molecule has 1 aromatic rings. The lowest BCUT2D eigenvalue weighted by molar-refractivity contribution is -0.330. The minimum absolute atomic E-state index is 0.201. The molecule has 0 radical (unpaired) electrons. The second kappa shape index (κ2) is 3.83. The molecule has 0 aromatic heterocycles. The first-order chi connectivity index (χ1) is 6.40. The number of benzene rings is 1. The third-order valence-electron chi connectivity index (χ3n) is 1.50. The van der Waals surface area contributed by atoms with E-state index in [2.05, 4.69) is 4.74 Å². The van der Waals surface area contributed by atoms with E-state index in [0.29, 0.717) is 0 Å². The first-order valence-electron chi connectivity index (χ1n) is 3.63. The Balaban J connectivity index is 2.73. The lowest BCUT2D eigenvalue weighted by atomic mass is 10.2. The highest BCUT2D eigenvalue weighted by Gasteiger charge is 2.29. The van der Waals surface area contributed by atoms with Gasteiger partial charge in [-0.2, -0.15) is 0 Å². The van der Waals surface area contributed by atoms with E-state index in [1.54, 1.807) is 0 Å². The highest BCUT2D eigenvalue weighted by molar-refractivity contribution is 5.42. The standard InChI is InChI=1S/C8H7F4NO/c9-7-5(2-1-3-6(7)13)4-14-8(10,11)12/h1-3H,4,13H2. The molecule has 0 bridgehead atoms. The van der Waals surface area contributed by atoms with Crippen LogP contribution in [0.3, 0.4) is 0 Å². The zero-order valence-electron chi connectivity index (χ0n) is 6.94. The number of nitrogens with two attached hydrogens (primary N) is 1. The Hall–Kier alpha value is -1.30. The lowest BCUT2D eigenvalue weighted by Crippen LogP contribution is -2.13. The van der Waals surface area contributed by atoms with Crippen LogP contribution in [-0.4, -0.2) is 6.36 Å². The van der Waals surface area contributed by atoms with Gasteiger partial charge in [-0.05, 0) is 6.07 Å². The van der Waals surface area contributed by atoms with Crippen molar-refractivity contribution in [1.82, 2.24) is 0 Å². The normalized spacial score (nSPS) is 11.7. The molecule has 2 nitrogen and oxygen atoms in total. The molecule has 14 heavy (non-hydrogen) atoms. The smallest absolute Gasteiger partial charge is 0.396 e. The van der Waals surface area contributed by atoms with Crippen LogP contribution in [0.15, 0.2) is 18.2 Å². The summed E-state index contributed by atoms with van der Waals surface area (Å²) < 4.78 is 51.3. The zero-order valence-corrected chi connectivity index (χ0v) is 6.94. The summed E-state index contributed by atoms with van der Waals surface area (Å²) in [5.74, 6) is -0.878. The molecule has 0 aliphatic heterocycles.